The summed E-state index contributed by atoms with van der Waals surface area (Å²) >= 11 is 0. The van der Waals surface area contributed by atoms with Crippen molar-refractivity contribution in [1.29, 1.82) is 0 Å². The predicted octanol–water partition coefficient (Wildman–Crippen LogP) is 4.44. The van der Waals surface area contributed by atoms with E-state index >= 15 is 0 Å². The van der Waals surface area contributed by atoms with Crippen LogP contribution in [0.3, 0.4) is 0 Å². The van der Waals surface area contributed by atoms with Crippen LogP contribution in [0.2, 0.25) is 0 Å². The number of esters is 1. The van der Waals surface area contributed by atoms with Crippen LogP contribution < -0.4 is 0 Å². The van der Waals surface area contributed by atoms with Gasteiger partial charge in [0.15, 0.2) is 0 Å². The quantitative estimate of drug-likeness (QED) is 0.505. The van der Waals surface area contributed by atoms with Crippen molar-refractivity contribution < 1.29 is 19.4 Å². The van der Waals surface area contributed by atoms with Crippen LogP contribution >= 0.6 is 0 Å². The molecular weight excluding hydrogens is 280 g/mol. The van der Waals surface area contributed by atoms with Crippen LogP contribution in [-0.4, -0.2) is 23.1 Å². The summed E-state index contributed by atoms with van der Waals surface area (Å²) in [6, 6.07) is 0. The number of carbonyl (C=O) groups excluding carboxylic acids is 1. The molecule has 0 aromatic heterocycles. The zero-order valence-corrected chi connectivity index (χ0v) is 15.1. The maximum Gasteiger partial charge on any atom is 0.334 e. The Bertz CT molecular complexity index is 397. The average molecular weight is 312 g/mol. The van der Waals surface area contributed by atoms with E-state index in [-0.39, 0.29) is 29.4 Å². The SMILES string of the molecule is CCCC/C(C(=O)OC(C(C)C)C(C)C)=C(/C(=O)O)C(C)C. The van der Waals surface area contributed by atoms with Gasteiger partial charge in [-0.25, -0.2) is 9.59 Å². The standard InChI is InChI=1S/C18H32O4/c1-8-9-10-14(15(11(2)3)17(19)20)18(21)22-16(12(4)5)13(6)7/h11-13,16H,8-10H2,1-7H3,(H,19,20)/b15-14-. The summed E-state index contributed by atoms with van der Waals surface area (Å²) in [5.74, 6) is -1.31. The van der Waals surface area contributed by atoms with Gasteiger partial charge >= 0.3 is 11.9 Å². The molecule has 0 fully saturated rings. The highest BCUT2D eigenvalue weighted by molar-refractivity contribution is 6.00. The van der Waals surface area contributed by atoms with E-state index in [9.17, 15) is 14.7 Å². The minimum absolute atomic E-state index is 0.185. The van der Waals surface area contributed by atoms with E-state index in [1.165, 1.54) is 0 Å². The Labute approximate surface area is 134 Å². The van der Waals surface area contributed by atoms with E-state index < -0.39 is 11.9 Å². The van der Waals surface area contributed by atoms with Crippen molar-refractivity contribution in [3.63, 3.8) is 0 Å². The lowest BCUT2D eigenvalue weighted by molar-refractivity contribution is -0.150. The molecule has 0 saturated heterocycles. The van der Waals surface area contributed by atoms with Gasteiger partial charge in [-0.05, 0) is 30.6 Å². The highest BCUT2D eigenvalue weighted by atomic mass is 16.5. The van der Waals surface area contributed by atoms with Crippen LogP contribution in [0.15, 0.2) is 11.1 Å². The number of carbonyl (C=O) groups is 2. The molecule has 22 heavy (non-hydrogen) atoms. The van der Waals surface area contributed by atoms with Crippen LogP contribution in [0, 0.1) is 17.8 Å². The highest BCUT2D eigenvalue weighted by Gasteiger charge is 2.28. The molecule has 0 aliphatic heterocycles. The first kappa shape index (κ1) is 20.7. The topological polar surface area (TPSA) is 63.6 Å². The molecule has 0 atom stereocenters. The van der Waals surface area contributed by atoms with Crippen LogP contribution in [0.5, 0.6) is 0 Å². The number of carboxylic acid groups (broad SMARTS) is 1. The molecule has 4 heteroatoms. The number of rotatable bonds is 9. The molecule has 0 saturated carbocycles. The molecule has 128 valence electrons. The third kappa shape index (κ3) is 6.20. The second kappa shape index (κ2) is 9.65. The third-order valence-corrected chi connectivity index (χ3v) is 3.72. The Morgan fingerprint density at radius 1 is 1.00 bits per heavy atom. The van der Waals surface area contributed by atoms with Gasteiger partial charge in [-0.1, -0.05) is 54.9 Å². The lowest BCUT2D eigenvalue weighted by Crippen LogP contribution is -2.30. The zero-order chi connectivity index (χ0) is 17.4. The van der Waals surface area contributed by atoms with Crippen molar-refractivity contribution in [2.45, 2.75) is 73.8 Å². The molecule has 1 N–H and O–H groups in total. The third-order valence-electron chi connectivity index (χ3n) is 3.72. The molecule has 0 amide bonds. The van der Waals surface area contributed by atoms with E-state index in [1.807, 2.05) is 34.6 Å². The van der Waals surface area contributed by atoms with Gasteiger partial charge in [0.25, 0.3) is 0 Å². The fourth-order valence-corrected chi connectivity index (χ4v) is 2.66. The number of aliphatic carboxylic acids is 1. The van der Waals surface area contributed by atoms with Gasteiger partial charge in [0, 0.05) is 11.1 Å². The smallest absolute Gasteiger partial charge is 0.334 e. The number of ether oxygens (including phenoxy) is 1. The molecule has 0 aromatic carbocycles. The van der Waals surface area contributed by atoms with Crippen LogP contribution in [0.25, 0.3) is 0 Å². The molecule has 0 heterocycles. The Hall–Kier alpha value is -1.32. The summed E-state index contributed by atoms with van der Waals surface area (Å²) in [4.78, 5) is 24.1. The summed E-state index contributed by atoms with van der Waals surface area (Å²) in [7, 11) is 0. The van der Waals surface area contributed by atoms with E-state index in [0.29, 0.717) is 12.0 Å². The summed E-state index contributed by atoms with van der Waals surface area (Å²) < 4.78 is 5.65. The normalized spacial score (nSPS) is 13.0. The van der Waals surface area contributed by atoms with Crippen LogP contribution in [-0.2, 0) is 14.3 Å². The minimum Gasteiger partial charge on any atom is -0.478 e. The summed E-state index contributed by atoms with van der Waals surface area (Å²) in [6.07, 6.45) is 1.94. The molecule has 0 spiro atoms. The molecule has 0 unspecified atom stereocenters. The fraction of sp³-hybridized carbons (Fsp3) is 0.778. The highest BCUT2D eigenvalue weighted by Crippen LogP contribution is 2.24. The Balaban J connectivity index is 5.55. The monoisotopic (exact) mass is 312 g/mol. The van der Waals surface area contributed by atoms with Gasteiger partial charge in [-0.15, -0.1) is 0 Å². The first-order valence-corrected chi connectivity index (χ1v) is 8.30. The molecule has 0 rings (SSSR count). The van der Waals surface area contributed by atoms with Gasteiger partial charge in [0.2, 0.25) is 0 Å². The molecule has 0 bridgehead atoms. The summed E-state index contributed by atoms with van der Waals surface area (Å²) in [5.41, 5.74) is 0.514. The van der Waals surface area contributed by atoms with E-state index in [2.05, 4.69) is 0 Å². The van der Waals surface area contributed by atoms with Crippen LogP contribution in [0.1, 0.15) is 67.7 Å². The largest absolute Gasteiger partial charge is 0.478 e. The van der Waals surface area contributed by atoms with Crippen molar-refractivity contribution in [3.8, 4) is 0 Å². The molecule has 0 aliphatic carbocycles. The lowest BCUT2D eigenvalue weighted by Gasteiger charge is -2.26. The van der Waals surface area contributed by atoms with E-state index in [1.54, 1.807) is 13.8 Å². The second-order valence-corrected chi connectivity index (χ2v) is 6.81. The summed E-state index contributed by atoms with van der Waals surface area (Å²) in [6.45, 7) is 13.6. The number of unbranched alkanes of at least 4 members (excludes halogenated alkanes) is 1. The van der Waals surface area contributed by atoms with Gasteiger partial charge in [-0.3, -0.25) is 0 Å². The first-order chi connectivity index (χ1) is 10.1. The Morgan fingerprint density at radius 2 is 1.50 bits per heavy atom. The first-order valence-electron chi connectivity index (χ1n) is 8.30. The van der Waals surface area contributed by atoms with E-state index in [4.69, 9.17) is 4.74 Å². The van der Waals surface area contributed by atoms with E-state index in [0.717, 1.165) is 12.8 Å². The van der Waals surface area contributed by atoms with Gasteiger partial charge < -0.3 is 9.84 Å². The van der Waals surface area contributed by atoms with Crippen molar-refractivity contribution in [1.82, 2.24) is 0 Å². The Morgan fingerprint density at radius 3 is 1.82 bits per heavy atom. The molecule has 0 aliphatic rings. The summed E-state index contributed by atoms with van der Waals surface area (Å²) in [5, 5.41) is 9.45. The van der Waals surface area contributed by atoms with Crippen molar-refractivity contribution in [2.75, 3.05) is 0 Å². The fourth-order valence-electron chi connectivity index (χ4n) is 2.66. The molecule has 0 radical (unpaired) electrons. The zero-order valence-electron chi connectivity index (χ0n) is 15.1. The predicted molar refractivity (Wildman–Crippen MR) is 88.6 cm³/mol. The van der Waals surface area contributed by atoms with Crippen molar-refractivity contribution in [3.05, 3.63) is 11.1 Å². The van der Waals surface area contributed by atoms with Gasteiger partial charge in [0.1, 0.15) is 6.10 Å². The number of carboxylic acids is 1. The molecular formula is C18H32O4. The van der Waals surface area contributed by atoms with Gasteiger partial charge in [0.05, 0.1) is 0 Å². The van der Waals surface area contributed by atoms with Crippen molar-refractivity contribution in [2.24, 2.45) is 17.8 Å². The average Bonchev–Trinajstić information content (AvgIpc) is 2.38. The number of hydrogen-bond acceptors (Lipinski definition) is 3. The Kier molecular flexibility index (Phi) is 9.07. The van der Waals surface area contributed by atoms with Crippen LogP contribution in [0.4, 0.5) is 0 Å². The maximum absolute atomic E-state index is 12.6. The maximum atomic E-state index is 12.6. The molecule has 0 aromatic rings. The molecule has 4 nitrogen and oxygen atoms in total. The second-order valence-electron chi connectivity index (χ2n) is 6.81. The number of hydrogen-bond donors (Lipinski definition) is 1. The van der Waals surface area contributed by atoms with Gasteiger partial charge in [-0.2, -0.15) is 0 Å². The minimum atomic E-state index is -1.02. The lowest BCUT2D eigenvalue weighted by atomic mass is 9.93. The van der Waals surface area contributed by atoms with Crippen molar-refractivity contribution >= 4 is 11.9 Å².